The third-order valence-electron chi connectivity index (χ3n) is 1.57. The van der Waals surface area contributed by atoms with Crippen LogP contribution in [0.4, 0.5) is 0 Å². The Morgan fingerprint density at radius 2 is 1.69 bits per heavy atom. The lowest BCUT2D eigenvalue weighted by Crippen LogP contribution is -1.96. The van der Waals surface area contributed by atoms with Gasteiger partial charge in [0.05, 0.1) is 0 Å². The van der Waals surface area contributed by atoms with E-state index in [-0.39, 0.29) is 30.6 Å². The van der Waals surface area contributed by atoms with Crippen molar-refractivity contribution in [3.63, 3.8) is 0 Å². The standard InChI is InChI=1S/C10H12O.2ClH/c1-2-6-10(11)9-7-4-3-5-8-9;;/h3-5,7-8H,2,6H2,1H3;2*1H. The van der Waals surface area contributed by atoms with Gasteiger partial charge in [0.2, 0.25) is 0 Å². The summed E-state index contributed by atoms with van der Waals surface area (Å²) in [5.41, 5.74) is 0.828. The quantitative estimate of drug-likeness (QED) is 0.713. The molecular formula is C10H14Cl2O. The second-order valence-corrected chi connectivity index (χ2v) is 2.54. The zero-order valence-electron chi connectivity index (χ0n) is 7.53. The van der Waals surface area contributed by atoms with E-state index in [4.69, 9.17) is 0 Å². The molecule has 1 rings (SSSR count). The number of benzene rings is 1. The molecule has 0 spiro atoms. The number of Topliss-reactive ketones (excluding diaryl/α,β-unsaturated/α-hetero) is 1. The molecule has 0 fully saturated rings. The molecule has 0 atom stereocenters. The Bertz CT molecular complexity index is 234. The Labute approximate surface area is 91.4 Å². The number of hydrogen-bond acceptors (Lipinski definition) is 1. The molecule has 1 aromatic carbocycles. The van der Waals surface area contributed by atoms with E-state index in [2.05, 4.69) is 0 Å². The fourth-order valence-electron chi connectivity index (χ4n) is 0.995. The van der Waals surface area contributed by atoms with Crippen molar-refractivity contribution in [1.82, 2.24) is 0 Å². The lowest BCUT2D eigenvalue weighted by atomic mass is 10.1. The molecule has 0 aromatic heterocycles. The summed E-state index contributed by atoms with van der Waals surface area (Å²) in [6.07, 6.45) is 1.58. The zero-order chi connectivity index (χ0) is 8.10. The van der Waals surface area contributed by atoms with E-state index < -0.39 is 0 Å². The molecule has 0 aliphatic carbocycles. The number of carbonyl (C=O) groups is 1. The Morgan fingerprint density at radius 3 is 2.15 bits per heavy atom. The lowest BCUT2D eigenvalue weighted by Gasteiger charge is -1.96. The normalized spacial score (nSPS) is 8.08. The van der Waals surface area contributed by atoms with Crippen molar-refractivity contribution in [2.24, 2.45) is 0 Å². The first kappa shape index (κ1) is 15.0. The maximum atomic E-state index is 11.2. The molecule has 0 aliphatic rings. The highest BCUT2D eigenvalue weighted by Crippen LogP contribution is 2.03. The summed E-state index contributed by atoms with van der Waals surface area (Å²) in [7, 11) is 0. The third kappa shape index (κ3) is 4.91. The Morgan fingerprint density at radius 1 is 1.15 bits per heavy atom. The average Bonchev–Trinajstić information content (AvgIpc) is 2.07. The molecule has 13 heavy (non-hydrogen) atoms. The zero-order valence-corrected chi connectivity index (χ0v) is 9.16. The van der Waals surface area contributed by atoms with E-state index in [0.29, 0.717) is 6.42 Å². The Hall–Kier alpha value is -0.530. The lowest BCUT2D eigenvalue weighted by molar-refractivity contribution is 0.0982. The van der Waals surface area contributed by atoms with Gasteiger partial charge >= 0.3 is 0 Å². The number of ketones is 1. The van der Waals surface area contributed by atoms with Crippen LogP contribution in [-0.2, 0) is 0 Å². The second-order valence-electron chi connectivity index (χ2n) is 2.54. The molecule has 0 radical (unpaired) electrons. The van der Waals surface area contributed by atoms with Crippen LogP contribution in [-0.4, -0.2) is 5.78 Å². The first-order valence-electron chi connectivity index (χ1n) is 3.93. The van der Waals surface area contributed by atoms with Gasteiger partial charge in [-0.25, -0.2) is 0 Å². The first-order valence-corrected chi connectivity index (χ1v) is 3.93. The molecule has 0 unspecified atom stereocenters. The molecule has 3 heteroatoms. The largest absolute Gasteiger partial charge is 0.294 e. The van der Waals surface area contributed by atoms with Gasteiger partial charge in [-0.3, -0.25) is 4.79 Å². The molecule has 0 saturated heterocycles. The van der Waals surface area contributed by atoms with Crippen molar-refractivity contribution in [2.75, 3.05) is 0 Å². The summed E-state index contributed by atoms with van der Waals surface area (Å²) in [6, 6.07) is 9.42. The van der Waals surface area contributed by atoms with Crippen LogP contribution in [0.2, 0.25) is 0 Å². The van der Waals surface area contributed by atoms with Crippen molar-refractivity contribution in [1.29, 1.82) is 0 Å². The minimum atomic E-state index is 0. The van der Waals surface area contributed by atoms with Crippen LogP contribution in [0.25, 0.3) is 0 Å². The highest BCUT2D eigenvalue weighted by Gasteiger charge is 2.01. The van der Waals surface area contributed by atoms with E-state index in [1.807, 2.05) is 37.3 Å². The van der Waals surface area contributed by atoms with Crippen molar-refractivity contribution in [3.05, 3.63) is 35.9 Å². The van der Waals surface area contributed by atoms with Gasteiger partial charge in [-0.1, -0.05) is 37.3 Å². The van der Waals surface area contributed by atoms with Crippen LogP contribution in [0.3, 0.4) is 0 Å². The van der Waals surface area contributed by atoms with E-state index in [1.165, 1.54) is 0 Å². The fraction of sp³-hybridized carbons (Fsp3) is 0.300. The van der Waals surface area contributed by atoms with E-state index in [0.717, 1.165) is 12.0 Å². The smallest absolute Gasteiger partial charge is 0.162 e. The van der Waals surface area contributed by atoms with Gasteiger partial charge < -0.3 is 0 Å². The highest BCUT2D eigenvalue weighted by molar-refractivity contribution is 5.95. The minimum Gasteiger partial charge on any atom is -0.294 e. The van der Waals surface area contributed by atoms with Gasteiger partial charge in [0, 0.05) is 12.0 Å². The van der Waals surface area contributed by atoms with Gasteiger partial charge in [-0.05, 0) is 6.42 Å². The summed E-state index contributed by atoms with van der Waals surface area (Å²) >= 11 is 0. The van der Waals surface area contributed by atoms with Crippen molar-refractivity contribution < 1.29 is 4.79 Å². The monoisotopic (exact) mass is 220 g/mol. The van der Waals surface area contributed by atoms with Crippen LogP contribution in [0.15, 0.2) is 30.3 Å². The Kier molecular flexibility index (Phi) is 9.31. The van der Waals surface area contributed by atoms with Crippen LogP contribution in [0.1, 0.15) is 30.1 Å². The fourth-order valence-corrected chi connectivity index (χ4v) is 0.995. The summed E-state index contributed by atoms with van der Waals surface area (Å²) in [6.45, 7) is 2.01. The molecule has 74 valence electrons. The van der Waals surface area contributed by atoms with Gasteiger partial charge in [0.1, 0.15) is 0 Å². The van der Waals surface area contributed by atoms with Gasteiger partial charge in [-0.2, -0.15) is 0 Å². The van der Waals surface area contributed by atoms with Crippen molar-refractivity contribution in [3.8, 4) is 0 Å². The van der Waals surface area contributed by atoms with Gasteiger partial charge in [-0.15, -0.1) is 24.8 Å². The predicted molar refractivity (Wildman–Crippen MR) is 60.2 cm³/mol. The molecule has 1 nitrogen and oxygen atoms in total. The number of hydrogen-bond donors (Lipinski definition) is 0. The summed E-state index contributed by atoms with van der Waals surface area (Å²) in [5, 5.41) is 0. The van der Waals surface area contributed by atoms with Crippen molar-refractivity contribution >= 4 is 30.6 Å². The van der Waals surface area contributed by atoms with Crippen LogP contribution < -0.4 is 0 Å². The number of rotatable bonds is 3. The van der Waals surface area contributed by atoms with Crippen LogP contribution in [0.5, 0.6) is 0 Å². The molecule has 0 heterocycles. The molecule has 0 amide bonds. The van der Waals surface area contributed by atoms with Crippen LogP contribution >= 0.6 is 24.8 Å². The topological polar surface area (TPSA) is 17.1 Å². The SMILES string of the molecule is CCCC(=O)c1ccccc1.Cl.Cl. The molecular weight excluding hydrogens is 207 g/mol. The molecule has 0 bridgehead atoms. The summed E-state index contributed by atoms with van der Waals surface area (Å²) in [5.74, 6) is 0.244. The van der Waals surface area contributed by atoms with Crippen LogP contribution in [0, 0.1) is 0 Å². The average molecular weight is 221 g/mol. The van der Waals surface area contributed by atoms with E-state index in [9.17, 15) is 4.79 Å². The van der Waals surface area contributed by atoms with E-state index >= 15 is 0 Å². The molecule has 1 aromatic rings. The maximum absolute atomic E-state index is 11.2. The van der Waals surface area contributed by atoms with Crippen molar-refractivity contribution in [2.45, 2.75) is 19.8 Å². The third-order valence-corrected chi connectivity index (χ3v) is 1.57. The van der Waals surface area contributed by atoms with E-state index in [1.54, 1.807) is 0 Å². The second kappa shape index (κ2) is 8.09. The van der Waals surface area contributed by atoms with Gasteiger partial charge in [0.15, 0.2) is 5.78 Å². The Balaban J connectivity index is 0. The molecule has 0 N–H and O–H groups in total. The predicted octanol–water partition coefficient (Wildman–Crippen LogP) is 3.51. The molecule has 0 aliphatic heterocycles. The van der Waals surface area contributed by atoms with Gasteiger partial charge in [0.25, 0.3) is 0 Å². The first-order chi connectivity index (χ1) is 5.34. The summed E-state index contributed by atoms with van der Waals surface area (Å²) in [4.78, 5) is 11.2. The maximum Gasteiger partial charge on any atom is 0.162 e. The number of carbonyl (C=O) groups excluding carboxylic acids is 1. The molecule has 0 saturated carbocycles. The number of halogens is 2. The summed E-state index contributed by atoms with van der Waals surface area (Å²) < 4.78 is 0. The minimum absolute atomic E-state index is 0. The highest BCUT2D eigenvalue weighted by atomic mass is 35.5.